The van der Waals surface area contributed by atoms with Gasteiger partial charge in [-0.2, -0.15) is 4.31 Å². The van der Waals surface area contributed by atoms with Crippen LogP contribution in [0.25, 0.3) is 0 Å². The number of halogens is 2. The minimum absolute atomic E-state index is 0.0774. The molecule has 1 fully saturated rings. The highest BCUT2D eigenvalue weighted by atomic mass is 35.5. The summed E-state index contributed by atoms with van der Waals surface area (Å²) in [5.41, 5.74) is 3.08. The molecule has 162 valence electrons. The van der Waals surface area contributed by atoms with Crippen molar-refractivity contribution in [2.75, 3.05) is 26.2 Å². The number of benzene rings is 3. The van der Waals surface area contributed by atoms with Crippen molar-refractivity contribution >= 4 is 33.2 Å². The average Bonchev–Trinajstić information content (AvgIpc) is 2.78. The zero-order valence-electron chi connectivity index (χ0n) is 17.2. The molecule has 1 aliphatic heterocycles. The lowest BCUT2D eigenvalue weighted by Gasteiger charge is -2.39. The van der Waals surface area contributed by atoms with Crippen molar-refractivity contribution in [2.45, 2.75) is 17.9 Å². The van der Waals surface area contributed by atoms with Crippen LogP contribution in [0.15, 0.2) is 77.7 Å². The maximum Gasteiger partial charge on any atom is 0.244 e. The van der Waals surface area contributed by atoms with E-state index in [9.17, 15) is 8.42 Å². The van der Waals surface area contributed by atoms with E-state index in [0.29, 0.717) is 36.8 Å². The van der Waals surface area contributed by atoms with E-state index < -0.39 is 10.0 Å². The van der Waals surface area contributed by atoms with Gasteiger partial charge in [-0.25, -0.2) is 8.42 Å². The molecule has 0 radical (unpaired) electrons. The molecule has 0 atom stereocenters. The van der Waals surface area contributed by atoms with Crippen LogP contribution in [0.5, 0.6) is 0 Å². The van der Waals surface area contributed by atoms with Gasteiger partial charge in [-0.05, 0) is 35.7 Å². The van der Waals surface area contributed by atoms with Gasteiger partial charge in [0.1, 0.15) is 4.90 Å². The Hall–Kier alpha value is -1.89. The van der Waals surface area contributed by atoms with E-state index in [1.54, 1.807) is 13.0 Å². The topological polar surface area (TPSA) is 40.6 Å². The predicted molar refractivity (Wildman–Crippen MR) is 126 cm³/mol. The van der Waals surface area contributed by atoms with Crippen LogP contribution in [0.1, 0.15) is 22.7 Å². The van der Waals surface area contributed by atoms with Gasteiger partial charge in [0.05, 0.1) is 11.1 Å². The molecule has 4 nitrogen and oxygen atoms in total. The van der Waals surface area contributed by atoms with Crippen LogP contribution in [-0.2, 0) is 10.0 Å². The number of piperazine rings is 1. The van der Waals surface area contributed by atoms with Gasteiger partial charge in [-0.3, -0.25) is 4.90 Å². The van der Waals surface area contributed by atoms with Crippen molar-refractivity contribution in [1.29, 1.82) is 0 Å². The molecule has 4 rings (SSSR count). The maximum atomic E-state index is 13.3. The quantitative estimate of drug-likeness (QED) is 0.496. The molecular formula is C24H24Cl2N2O2S. The first-order chi connectivity index (χ1) is 14.9. The second-order valence-electron chi connectivity index (χ2n) is 7.70. The predicted octanol–water partition coefficient (Wildman–Crippen LogP) is 5.40. The molecule has 1 saturated heterocycles. The van der Waals surface area contributed by atoms with Gasteiger partial charge in [-0.15, -0.1) is 0 Å². The van der Waals surface area contributed by atoms with E-state index in [0.717, 1.165) is 0 Å². The third-order valence-electron chi connectivity index (χ3n) is 5.70. The first-order valence-corrected chi connectivity index (χ1v) is 12.4. The third kappa shape index (κ3) is 4.66. The van der Waals surface area contributed by atoms with Crippen LogP contribution in [0.4, 0.5) is 0 Å². The number of rotatable bonds is 5. The number of aryl methyl sites for hydroxylation is 1. The molecule has 31 heavy (non-hydrogen) atoms. The number of hydrogen-bond acceptors (Lipinski definition) is 3. The molecule has 1 aliphatic rings. The highest BCUT2D eigenvalue weighted by molar-refractivity contribution is 7.89. The smallest absolute Gasteiger partial charge is 0.244 e. The van der Waals surface area contributed by atoms with Gasteiger partial charge in [0.15, 0.2) is 0 Å². The van der Waals surface area contributed by atoms with Crippen LogP contribution in [-0.4, -0.2) is 43.8 Å². The molecule has 3 aromatic rings. The standard InChI is InChI=1S/C24H24Cl2N2O2S/c1-18-16-23(22(26)17-21(18)25)31(29,30)28-14-12-27(13-15-28)24(19-8-4-2-5-9-19)20-10-6-3-7-11-20/h2-11,16-17,24H,12-15H2,1H3. The lowest BCUT2D eigenvalue weighted by molar-refractivity contribution is 0.156. The molecule has 0 saturated carbocycles. The zero-order valence-corrected chi connectivity index (χ0v) is 19.5. The Morgan fingerprint density at radius 1 is 0.774 bits per heavy atom. The fourth-order valence-electron chi connectivity index (χ4n) is 4.05. The van der Waals surface area contributed by atoms with Gasteiger partial charge in [0.2, 0.25) is 10.0 Å². The van der Waals surface area contributed by atoms with Crippen LogP contribution >= 0.6 is 23.2 Å². The second kappa shape index (κ2) is 9.31. The second-order valence-corrected chi connectivity index (χ2v) is 10.4. The number of nitrogens with zero attached hydrogens (tertiary/aromatic N) is 2. The zero-order chi connectivity index (χ0) is 22.0. The molecule has 0 N–H and O–H groups in total. The number of sulfonamides is 1. The molecule has 7 heteroatoms. The molecule has 0 spiro atoms. The van der Waals surface area contributed by atoms with E-state index in [4.69, 9.17) is 23.2 Å². The van der Waals surface area contributed by atoms with Crippen molar-refractivity contribution in [3.8, 4) is 0 Å². The van der Waals surface area contributed by atoms with Crippen LogP contribution < -0.4 is 0 Å². The maximum absolute atomic E-state index is 13.3. The van der Waals surface area contributed by atoms with Crippen molar-refractivity contribution in [1.82, 2.24) is 9.21 Å². The van der Waals surface area contributed by atoms with Crippen LogP contribution in [0.2, 0.25) is 10.0 Å². The van der Waals surface area contributed by atoms with Crippen LogP contribution in [0, 0.1) is 6.92 Å². The monoisotopic (exact) mass is 474 g/mol. The normalized spacial score (nSPS) is 16.0. The summed E-state index contributed by atoms with van der Waals surface area (Å²) in [7, 11) is -3.69. The highest BCUT2D eigenvalue weighted by Gasteiger charge is 2.33. The molecule has 0 aliphatic carbocycles. The minimum Gasteiger partial charge on any atom is -0.290 e. The van der Waals surface area contributed by atoms with Gasteiger partial charge in [0, 0.05) is 31.2 Å². The van der Waals surface area contributed by atoms with E-state index >= 15 is 0 Å². The molecule has 0 bridgehead atoms. The largest absolute Gasteiger partial charge is 0.290 e. The first kappa shape index (κ1) is 22.3. The molecule has 0 unspecified atom stereocenters. The van der Waals surface area contributed by atoms with Gasteiger partial charge in [0.25, 0.3) is 0 Å². The Morgan fingerprint density at radius 3 is 1.81 bits per heavy atom. The van der Waals surface area contributed by atoms with Crippen molar-refractivity contribution in [2.24, 2.45) is 0 Å². The SMILES string of the molecule is Cc1cc(S(=O)(=O)N2CCN(C(c3ccccc3)c3ccccc3)CC2)c(Cl)cc1Cl. The third-order valence-corrected chi connectivity index (χ3v) is 8.47. The van der Waals surface area contributed by atoms with Crippen molar-refractivity contribution in [3.63, 3.8) is 0 Å². The summed E-state index contributed by atoms with van der Waals surface area (Å²) in [5.74, 6) is 0. The molecular weight excluding hydrogens is 451 g/mol. The van der Waals surface area contributed by atoms with E-state index in [1.807, 2.05) is 36.4 Å². The molecule has 0 amide bonds. The van der Waals surface area contributed by atoms with Crippen molar-refractivity contribution in [3.05, 3.63) is 99.5 Å². The Kier molecular flexibility index (Phi) is 6.70. The Bertz CT molecular complexity index is 1110. The summed E-state index contributed by atoms with van der Waals surface area (Å²) in [6, 6.07) is 23.8. The minimum atomic E-state index is -3.69. The van der Waals surface area contributed by atoms with Gasteiger partial charge < -0.3 is 0 Å². The van der Waals surface area contributed by atoms with E-state index in [1.165, 1.54) is 21.5 Å². The molecule has 1 heterocycles. The summed E-state index contributed by atoms with van der Waals surface area (Å²) in [6.45, 7) is 3.82. The van der Waals surface area contributed by atoms with Gasteiger partial charge >= 0.3 is 0 Å². The van der Waals surface area contributed by atoms with Crippen LogP contribution in [0.3, 0.4) is 0 Å². The summed E-state index contributed by atoms with van der Waals surface area (Å²) < 4.78 is 28.1. The highest BCUT2D eigenvalue weighted by Crippen LogP contribution is 2.33. The summed E-state index contributed by atoms with van der Waals surface area (Å²) in [4.78, 5) is 2.46. The Balaban J connectivity index is 1.58. The first-order valence-electron chi connectivity index (χ1n) is 10.2. The lowest BCUT2D eigenvalue weighted by atomic mass is 9.96. The fraction of sp³-hybridized carbons (Fsp3) is 0.250. The Morgan fingerprint density at radius 2 is 1.29 bits per heavy atom. The van der Waals surface area contributed by atoms with E-state index in [-0.39, 0.29) is 16.0 Å². The summed E-state index contributed by atoms with van der Waals surface area (Å²) in [6.07, 6.45) is 0. The van der Waals surface area contributed by atoms with E-state index in [2.05, 4.69) is 29.2 Å². The molecule has 3 aromatic carbocycles. The summed E-state index contributed by atoms with van der Waals surface area (Å²) in [5, 5.41) is 0.617. The Labute approximate surface area is 194 Å². The fourth-order valence-corrected chi connectivity index (χ4v) is 6.28. The molecule has 0 aromatic heterocycles. The van der Waals surface area contributed by atoms with Crippen molar-refractivity contribution < 1.29 is 8.42 Å². The average molecular weight is 475 g/mol. The van der Waals surface area contributed by atoms with Gasteiger partial charge in [-0.1, -0.05) is 83.9 Å². The number of hydrogen-bond donors (Lipinski definition) is 0. The lowest BCUT2D eigenvalue weighted by Crippen LogP contribution is -2.49. The summed E-state index contributed by atoms with van der Waals surface area (Å²) >= 11 is 12.3.